The number of halogens is 2. The molecule has 0 atom stereocenters. The average molecular weight is 359 g/mol. The predicted octanol–water partition coefficient (Wildman–Crippen LogP) is 2.65. The molecule has 0 bridgehead atoms. The van der Waals surface area contributed by atoms with Crippen molar-refractivity contribution >= 4 is 31.6 Å². The van der Waals surface area contributed by atoms with Gasteiger partial charge in [-0.2, -0.15) is 0 Å². The Bertz CT molecular complexity index is 735. The van der Waals surface area contributed by atoms with E-state index in [1.54, 1.807) is 24.3 Å². The summed E-state index contributed by atoms with van der Waals surface area (Å²) in [6.45, 7) is 0.00447. The maximum Gasteiger partial charge on any atom is 0.243 e. The second-order valence-electron chi connectivity index (χ2n) is 4.10. The number of anilines is 1. The van der Waals surface area contributed by atoms with Gasteiger partial charge in [0.25, 0.3) is 0 Å². The molecule has 0 saturated heterocycles. The Morgan fingerprint density at radius 3 is 2.55 bits per heavy atom. The van der Waals surface area contributed by atoms with Gasteiger partial charge in [0.1, 0.15) is 10.7 Å². The van der Waals surface area contributed by atoms with E-state index in [-0.39, 0.29) is 6.54 Å². The number of rotatable bonds is 4. The van der Waals surface area contributed by atoms with Crippen molar-refractivity contribution in [1.29, 1.82) is 0 Å². The highest BCUT2D eigenvalue weighted by Gasteiger charge is 2.19. The molecule has 2 rings (SSSR count). The highest BCUT2D eigenvalue weighted by atomic mass is 79.9. The average Bonchev–Trinajstić information content (AvgIpc) is 2.37. The number of para-hydroxylation sites is 1. The highest BCUT2D eigenvalue weighted by molar-refractivity contribution is 9.10. The molecule has 0 heterocycles. The molecule has 0 fully saturated rings. The molecule has 0 aliphatic carbocycles. The molecule has 0 amide bonds. The van der Waals surface area contributed by atoms with Crippen molar-refractivity contribution in [2.45, 2.75) is 11.4 Å². The van der Waals surface area contributed by atoms with Crippen LogP contribution in [0, 0.1) is 5.82 Å². The summed E-state index contributed by atoms with van der Waals surface area (Å²) in [7, 11) is -3.92. The van der Waals surface area contributed by atoms with Gasteiger partial charge in [-0.25, -0.2) is 17.5 Å². The standard InChI is InChI=1S/C13H12BrFN2O2S/c14-10-5-6-13(11(15)7-10)20(18,19)17-8-9-3-1-2-4-12(9)16/h1-7,17H,8,16H2. The van der Waals surface area contributed by atoms with E-state index in [0.29, 0.717) is 15.7 Å². The van der Waals surface area contributed by atoms with Crippen LogP contribution in [-0.4, -0.2) is 8.42 Å². The van der Waals surface area contributed by atoms with Gasteiger partial charge in [0.15, 0.2) is 0 Å². The molecule has 7 heteroatoms. The molecule has 3 N–H and O–H groups in total. The number of nitrogen functional groups attached to an aromatic ring is 1. The van der Waals surface area contributed by atoms with Gasteiger partial charge in [0.05, 0.1) is 0 Å². The van der Waals surface area contributed by atoms with Crippen LogP contribution in [0.5, 0.6) is 0 Å². The summed E-state index contributed by atoms with van der Waals surface area (Å²) in [5, 5.41) is 0. The van der Waals surface area contributed by atoms with E-state index in [4.69, 9.17) is 5.73 Å². The number of nitrogens with two attached hydrogens (primary N) is 1. The highest BCUT2D eigenvalue weighted by Crippen LogP contribution is 2.20. The first kappa shape index (κ1) is 15.0. The number of sulfonamides is 1. The Hall–Kier alpha value is -1.44. The third-order valence-electron chi connectivity index (χ3n) is 2.69. The Labute approximate surface area is 125 Å². The fraction of sp³-hybridized carbons (Fsp3) is 0.0769. The number of nitrogens with one attached hydrogen (secondary N) is 1. The van der Waals surface area contributed by atoms with Gasteiger partial charge in [-0.05, 0) is 29.8 Å². The van der Waals surface area contributed by atoms with Crippen molar-refractivity contribution in [3.63, 3.8) is 0 Å². The zero-order valence-electron chi connectivity index (χ0n) is 10.3. The summed E-state index contributed by atoms with van der Waals surface area (Å²) in [5.74, 6) is -0.812. The second-order valence-corrected chi connectivity index (χ2v) is 6.75. The zero-order chi connectivity index (χ0) is 14.8. The maximum atomic E-state index is 13.7. The molecular weight excluding hydrogens is 347 g/mol. The van der Waals surface area contributed by atoms with Crippen LogP contribution in [0.15, 0.2) is 51.8 Å². The SMILES string of the molecule is Nc1ccccc1CNS(=O)(=O)c1ccc(Br)cc1F. The first-order chi connectivity index (χ1) is 9.40. The molecule has 4 nitrogen and oxygen atoms in total. The van der Waals surface area contributed by atoms with E-state index in [1.807, 2.05) is 0 Å². The summed E-state index contributed by atoms with van der Waals surface area (Å²) in [5.41, 5.74) is 6.83. The van der Waals surface area contributed by atoms with E-state index >= 15 is 0 Å². The van der Waals surface area contributed by atoms with Gasteiger partial charge < -0.3 is 5.73 Å². The van der Waals surface area contributed by atoms with Gasteiger partial charge in [0.2, 0.25) is 10.0 Å². The van der Waals surface area contributed by atoms with Crippen LogP contribution in [-0.2, 0) is 16.6 Å². The van der Waals surface area contributed by atoms with Crippen LogP contribution < -0.4 is 10.5 Å². The summed E-state index contributed by atoms with van der Waals surface area (Å²) in [6.07, 6.45) is 0. The number of hydrogen-bond donors (Lipinski definition) is 2. The molecule has 0 aliphatic heterocycles. The Kier molecular flexibility index (Phi) is 4.42. The number of hydrogen-bond acceptors (Lipinski definition) is 3. The van der Waals surface area contributed by atoms with E-state index in [0.717, 1.165) is 6.07 Å². The predicted molar refractivity (Wildman–Crippen MR) is 79.0 cm³/mol. The molecule has 2 aromatic carbocycles. The lowest BCUT2D eigenvalue weighted by atomic mass is 10.2. The quantitative estimate of drug-likeness (QED) is 0.825. The second kappa shape index (κ2) is 5.90. The molecule has 0 aromatic heterocycles. The molecular formula is C13H12BrFN2O2S. The Morgan fingerprint density at radius 2 is 1.90 bits per heavy atom. The van der Waals surface area contributed by atoms with Gasteiger partial charge in [0, 0.05) is 16.7 Å². The van der Waals surface area contributed by atoms with Crippen molar-refractivity contribution in [3.05, 3.63) is 58.3 Å². The summed E-state index contributed by atoms with van der Waals surface area (Å²) >= 11 is 3.08. The third-order valence-corrected chi connectivity index (χ3v) is 4.62. The van der Waals surface area contributed by atoms with Crippen LogP contribution in [0.1, 0.15) is 5.56 Å². The summed E-state index contributed by atoms with van der Waals surface area (Å²) in [4.78, 5) is -0.393. The van der Waals surface area contributed by atoms with Crippen LogP contribution in [0.2, 0.25) is 0 Å². The lowest BCUT2D eigenvalue weighted by Gasteiger charge is -2.09. The molecule has 20 heavy (non-hydrogen) atoms. The van der Waals surface area contributed by atoms with Crippen molar-refractivity contribution < 1.29 is 12.8 Å². The first-order valence-electron chi connectivity index (χ1n) is 5.68. The summed E-state index contributed by atoms with van der Waals surface area (Å²) < 4.78 is 40.6. The van der Waals surface area contributed by atoms with E-state index in [9.17, 15) is 12.8 Å². The van der Waals surface area contributed by atoms with E-state index in [1.165, 1.54) is 12.1 Å². The zero-order valence-corrected chi connectivity index (χ0v) is 12.7. The minimum absolute atomic E-state index is 0.00447. The van der Waals surface area contributed by atoms with E-state index in [2.05, 4.69) is 20.7 Å². The monoisotopic (exact) mass is 358 g/mol. The van der Waals surface area contributed by atoms with Gasteiger partial charge in [-0.3, -0.25) is 0 Å². The van der Waals surface area contributed by atoms with Crippen molar-refractivity contribution in [2.75, 3.05) is 5.73 Å². The molecule has 0 radical (unpaired) electrons. The minimum atomic E-state index is -3.92. The molecule has 0 spiro atoms. The fourth-order valence-electron chi connectivity index (χ4n) is 1.64. The van der Waals surface area contributed by atoms with Crippen LogP contribution in [0.4, 0.5) is 10.1 Å². The lowest BCUT2D eigenvalue weighted by molar-refractivity contribution is 0.556. The van der Waals surface area contributed by atoms with Gasteiger partial charge in [-0.1, -0.05) is 34.1 Å². The summed E-state index contributed by atoms with van der Waals surface area (Å²) in [6, 6.07) is 10.7. The number of benzene rings is 2. The largest absolute Gasteiger partial charge is 0.398 e. The molecule has 106 valence electrons. The van der Waals surface area contributed by atoms with Gasteiger partial charge in [-0.15, -0.1) is 0 Å². The Morgan fingerprint density at radius 1 is 1.20 bits per heavy atom. The maximum absolute atomic E-state index is 13.7. The van der Waals surface area contributed by atoms with E-state index < -0.39 is 20.7 Å². The molecule has 0 unspecified atom stereocenters. The molecule has 0 saturated carbocycles. The molecule has 0 aliphatic rings. The van der Waals surface area contributed by atoms with Crippen LogP contribution in [0.3, 0.4) is 0 Å². The van der Waals surface area contributed by atoms with Crippen molar-refractivity contribution in [1.82, 2.24) is 4.72 Å². The Balaban J connectivity index is 2.22. The molecule has 2 aromatic rings. The fourth-order valence-corrected chi connectivity index (χ4v) is 3.04. The third kappa shape index (κ3) is 3.36. The normalized spacial score (nSPS) is 11.5. The van der Waals surface area contributed by atoms with Crippen LogP contribution in [0.25, 0.3) is 0 Å². The van der Waals surface area contributed by atoms with Crippen molar-refractivity contribution in [3.8, 4) is 0 Å². The van der Waals surface area contributed by atoms with Crippen molar-refractivity contribution in [2.24, 2.45) is 0 Å². The lowest BCUT2D eigenvalue weighted by Crippen LogP contribution is -2.24. The van der Waals surface area contributed by atoms with Crippen LogP contribution >= 0.6 is 15.9 Å². The first-order valence-corrected chi connectivity index (χ1v) is 7.96. The minimum Gasteiger partial charge on any atom is -0.398 e. The topological polar surface area (TPSA) is 72.2 Å². The smallest absolute Gasteiger partial charge is 0.243 e. The van der Waals surface area contributed by atoms with Gasteiger partial charge >= 0.3 is 0 Å².